The second-order valence-electron chi connectivity index (χ2n) is 11.4. The molecular weight excluding hydrogens is 491 g/mol. The summed E-state index contributed by atoms with van der Waals surface area (Å²) in [4.78, 5) is 0. The Hall–Kier alpha value is -2.65. The molecule has 1 aliphatic carbocycles. The highest BCUT2D eigenvalue weighted by Gasteiger charge is 2.58. The number of benzene rings is 3. The molecule has 4 nitrogen and oxygen atoms in total. The van der Waals surface area contributed by atoms with Gasteiger partial charge in [-0.3, -0.25) is 0 Å². The van der Waals surface area contributed by atoms with Crippen molar-refractivity contribution >= 4 is 14.1 Å². The smallest absolute Gasteiger partial charge is 0.243 e. The van der Waals surface area contributed by atoms with Gasteiger partial charge in [0, 0.05) is 5.41 Å². The summed E-state index contributed by atoms with van der Waals surface area (Å²) in [6, 6.07) is 27.1. The first-order chi connectivity index (χ1) is 18.1. The molecule has 0 saturated heterocycles. The minimum Gasteiger partial charge on any atom is -0.497 e. The fourth-order valence-electron chi connectivity index (χ4n) is 6.12. The third-order valence-corrected chi connectivity index (χ3v) is 9.21. The Morgan fingerprint density at radius 3 is 1.74 bits per heavy atom. The maximum atomic E-state index is 7.59. The lowest BCUT2D eigenvalue weighted by Crippen LogP contribution is -2.46. The molecule has 0 N–H and O–H groups in total. The van der Waals surface area contributed by atoms with Crippen LogP contribution in [0.3, 0.4) is 0 Å². The summed E-state index contributed by atoms with van der Waals surface area (Å²) >= 11 is 0. The van der Waals surface area contributed by atoms with Crippen molar-refractivity contribution in [3.63, 3.8) is 0 Å². The Morgan fingerprint density at radius 1 is 0.816 bits per heavy atom. The minimum atomic E-state index is -0.841. The van der Waals surface area contributed by atoms with Gasteiger partial charge in [0.15, 0.2) is 0 Å². The fourth-order valence-corrected chi connectivity index (χ4v) is 6.62. The first-order valence-electron chi connectivity index (χ1n) is 13.3. The lowest BCUT2D eigenvalue weighted by atomic mass is 9.68. The molecule has 0 radical (unpaired) electrons. The van der Waals surface area contributed by atoms with Crippen molar-refractivity contribution in [1.82, 2.24) is 0 Å². The van der Waals surface area contributed by atoms with Crippen molar-refractivity contribution in [3.05, 3.63) is 95.6 Å². The predicted octanol–water partition coefficient (Wildman–Crippen LogP) is 7.93. The second-order valence-corrected chi connectivity index (χ2v) is 12.9. The van der Waals surface area contributed by atoms with Crippen LogP contribution in [0.4, 0.5) is 0 Å². The van der Waals surface area contributed by atoms with Crippen LogP contribution in [-0.2, 0) is 14.9 Å². The molecule has 202 valence electrons. The molecule has 4 atom stereocenters. The first kappa shape index (κ1) is 28.4. The zero-order valence-corrected chi connectivity index (χ0v) is 24.8. The van der Waals surface area contributed by atoms with Crippen molar-refractivity contribution in [2.45, 2.75) is 45.8 Å². The van der Waals surface area contributed by atoms with E-state index in [0.29, 0.717) is 12.5 Å². The monoisotopic (exact) mass is 533 g/mol. The topological polar surface area (TPSA) is 36.9 Å². The molecule has 1 saturated carbocycles. The Bertz CT molecular complexity index is 1170. The van der Waals surface area contributed by atoms with Crippen LogP contribution in [-0.4, -0.2) is 39.9 Å². The molecule has 3 aromatic carbocycles. The van der Waals surface area contributed by atoms with E-state index in [0.717, 1.165) is 34.6 Å². The zero-order valence-electron chi connectivity index (χ0n) is 23.9. The third-order valence-electron chi connectivity index (χ3n) is 8.64. The van der Waals surface area contributed by atoms with E-state index in [2.05, 4.69) is 95.3 Å². The van der Waals surface area contributed by atoms with E-state index >= 15 is 0 Å². The number of rotatable bonds is 10. The van der Waals surface area contributed by atoms with Crippen LogP contribution in [0.2, 0.25) is 0 Å². The normalized spacial score (nSPS) is 23.2. The van der Waals surface area contributed by atoms with Crippen molar-refractivity contribution in [2.75, 3.05) is 27.5 Å². The van der Waals surface area contributed by atoms with Crippen LogP contribution in [0.15, 0.2) is 78.9 Å². The van der Waals surface area contributed by atoms with Crippen molar-refractivity contribution < 1.29 is 18.7 Å². The van der Waals surface area contributed by atoms with E-state index in [9.17, 15) is 0 Å². The summed E-state index contributed by atoms with van der Waals surface area (Å²) in [6.07, 6.45) is 5.10. The van der Waals surface area contributed by atoms with Gasteiger partial charge in [0.25, 0.3) is 0 Å². The molecule has 4 rings (SSSR count). The van der Waals surface area contributed by atoms with Crippen LogP contribution < -0.4 is 9.47 Å². The van der Waals surface area contributed by atoms with Gasteiger partial charge in [-0.15, -0.1) is 0 Å². The summed E-state index contributed by atoms with van der Waals surface area (Å²) < 4.78 is 24.8. The van der Waals surface area contributed by atoms with E-state index in [1.807, 2.05) is 24.3 Å². The van der Waals surface area contributed by atoms with Gasteiger partial charge in [0.05, 0.1) is 20.3 Å². The molecule has 1 fully saturated rings. The van der Waals surface area contributed by atoms with Crippen molar-refractivity contribution in [1.29, 1.82) is 0 Å². The van der Waals surface area contributed by atoms with E-state index < -0.39 is 13.4 Å². The van der Waals surface area contributed by atoms with Crippen LogP contribution in [0, 0.1) is 16.7 Å². The SMILES string of the molecule is C=[P+](C)OCC1(C)C[C@@H](C)[C@@H](OC(c2ccccc2)(c2ccc(OC)cc2)c2ccc(OC)cc2)C1(C)C. The van der Waals surface area contributed by atoms with Crippen LogP contribution in [0.5, 0.6) is 11.5 Å². The van der Waals surface area contributed by atoms with Gasteiger partial charge in [-0.2, -0.15) is 4.52 Å². The third kappa shape index (κ3) is 5.15. The van der Waals surface area contributed by atoms with Gasteiger partial charge < -0.3 is 14.2 Å². The van der Waals surface area contributed by atoms with Gasteiger partial charge in [0.1, 0.15) is 36.7 Å². The Labute approximate surface area is 229 Å². The predicted molar refractivity (Wildman–Crippen MR) is 159 cm³/mol. The standard InChI is InChI=1S/C33H42O4P/c1-24-22-32(4,23-36-38(7)8)31(2,3)30(24)37-33(25-12-10-9-11-13-25,26-14-18-28(34-5)19-15-26)27-16-20-29(35-6)21-17-27/h9-21,24,30H,7,22-23H2,1-6,8H3/q+1/t24-,30-,32?/m1/s1. The molecule has 0 aromatic heterocycles. The van der Waals surface area contributed by atoms with Crippen molar-refractivity contribution in [2.24, 2.45) is 16.7 Å². The second kappa shape index (κ2) is 11.2. The molecule has 0 bridgehead atoms. The molecule has 5 heteroatoms. The fraction of sp³-hybridized carbons (Fsp3) is 0.424. The van der Waals surface area contributed by atoms with E-state index in [4.69, 9.17) is 18.7 Å². The van der Waals surface area contributed by atoms with Crippen LogP contribution in [0.25, 0.3) is 0 Å². The highest BCUT2D eigenvalue weighted by molar-refractivity contribution is 7.49. The molecule has 0 aliphatic heterocycles. The van der Waals surface area contributed by atoms with Crippen molar-refractivity contribution in [3.8, 4) is 11.5 Å². The van der Waals surface area contributed by atoms with E-state index in [1.165, 1.54) is 0 Å². The average molecular weight is 534 g/mol. The average Bonchev–Trinajstić information content (AvgIpc) is 3.09. The molecule has 1 aliphatic rings. The summed E-state index contributed by atoms with van der Waals surface area (Å²) in [7, 11) is 2.71. The number of hydrogen-bond acceptors (Lipinski definition) is 4. The summed E-state index contributed by atoms with van der Waals surface area (Å²) in [5, 5.41) is 0. The Morgan fingerprint density at radius 2 is 1.29 bits per heavy atom. The van der Waals surface area contributed by atoms with Gasteiger partial charge in [-0.25, -0.2) is 0 Å². The lowest BCUT2D eigenvalue weighted by molar-refractivity contribution is -0.122. The highest BCUT2D eigenvalue weighted by atomic mass is 31.1. The molecule has 0 amide bonds. The molecule has 0 heterocycles. The number of ether oxygens (including phenoxy) is 3. The zero-order chi connectivity index (χ0) is 27.6. The number of methoxy groups -OCH3 is 2. The summed E-state index contributed by atoms with van der Waals surface area (Å²) in [5.74, 6) is 1.95. The Kier molecular flexibility index (Phi) is 8.37. The van der Waals surface area contributed by atoms with Gasteiger partial charge in [0.2, 0.25) is 7.77 Å². The minimum absolute atomic E-state index is 0.0339. The van der Waals surface area contributed by atoms with Crippen LogP contribution >= 0.6 is 7.77 Å². The first-order valence-corrected chi connectivity index (χ1v) is 15.2. The van der Waals surface area contributed by atoms with E-state index in [-0.39, 0.29) is 16.9 Å². The largest absolute Gasteiger partial charge is 0.497 e. The maximum absolute atomic E-state index is 7.59. The lowest BCUT2D eigenvalue weighted by Gasteiger charge is -2.46. The van der Waals surface area contributed by atoms with E-state index in [1.54, 1.807) is 14.2 Å². The number of hydrogen-bond donors (Lipinski definition) is 0. The summed E-state index contributed by atoms with van der Waals surface area (Å²) in [6.45, 7) is 12.1. The van der Waals surface area contributed by atoms with Gasteiger partial charge in [-0.05, 0) is 58.7 Å². The molecule has 0 spiro atoms. The van der Waals surface area contributed by atoms with Gasteiger partial charge in [-0.1, -0.05) is 82.3 Å². The molecule has 3 aromatic rings. The Balaban J connectivity index is 1.92. The molecule has 38 heavy (non-hydrogen) atoms. The maximum Gasteiger partial charge on any atom is 0.243 e. The molecular formula is C33H42O4P+. The quantitative estimate of drug-likeness (QED) is 0.196. The highest BCUT2D eigenvalue weighted by Crippen LogP contribution is 2.59. The summed E-state index contributed by atoms with van der Waals surface area (Å²) in [5.41, 5.74) is 2.14. The van der Waals surface area contributed by atoms with Crippen LogP contribution in [0.1, 0.15) is 50.8 Å². The van der Waals surface area contributed by atoms with Gasteiger partial charge >= 0.3 is 0 Å². The molecule has 2 unspecified atom stereocenters.